The van der Waals surface area contributed by atoms with Gasteiger partial charge in [-0.25, -0.2) is 0 Å². The van der Waals surface area contributed by atoms with E-state index in [2.05, 4.69) is 5.32 Å². The molecule has 2 aliphatic heterocycles. The lowest BCUT2D eigenvalue weighted by Gasteiger charge is -2.14. The van der Waals surface area contributed by atoms with E-state index in [-0.39, 0.29) is 50.0 Å². The summed E-state index contributed by atoms with van der Waals surface area (Å²) in [5.41, 5.74) is 0.913. The topological polar surface area (TPSA) is 114 Å². The van der Waals surface area contributed by atoms with Crippen molar-refractivity contribution in [3.8, 4) is 5.75 Å². The first-order valence-electron chi connectivity index (χ1n) is 10.5. The van der Waals surface area contributed by atoms with Crippen molar-refractivity contribution in [1.82, 2.24) is 10.2 Å². The second-order valence-electron chi connectivity index (χ2n) is 7.32. The van der Waals surface area contributed by atoms with Crippen LogP contribution in [0.4, 0.5) is 0 Å². The van der Waals surface area contributed by atoms with Crippen LogP contribution in [0.2, 0.25) is 0 Å². The zero-order valence-corrected chi connectivity index (χ0v) is 17.3. The summed E-state index contributed by atoms with van der Waals surface area (Å²) in [5, 5.41) is 11.6. The Morgan fingerprint density at radius 2 is 1.90 bits per heavy atom. The molecule has 1 aromatic rings. The van der Waals surface area contributed by atoms with E-state index in [1.165, 1.54) is 12.2 Å². The average Bonchev–Trinajstić information content (AvgIpc) is 3.37. The number of imide groups is 1. The van der Waals surface area contributed by atoms with Gasteiger partial charge >= 0.3 is 0 Å². The van der Waals surface area contributed by atoms with Gasteiger partial charge in [0.05, 0.1) is 19.3 Å². The van der Waals surface area contributed by atoms with Crippen molar-refractivity contribution >= 4 is 17.7 Å². The maximum Gasteiger partial charge on any atom is 0.253 e. The molecule has 2 N–H and O–H groups in total. The Labute approximate surface area is 180 Å². The molecule has 3 amide bonds. The molecule has 0 spiro atoms. The van der Waals surface area contributed by atoms with Crippen LogP contribution in [0.5, 0.6) is 5.75 Å². The SMILES string of the molecule is O=C(CCN1C(=O)C=CC1=O)NCCCCC1COC(c2ccc(OCCO)cc2)O1. The van der Waals surface area contributed by atoms with Gasteiger partial charge in [0.2, 0.25) is 5.91 Å². The minimum atomic E-state index is -0.401. The van der Waals surface area contributed by atoms with Crippen LogP contribution in [0.25, 0.3) is 0 Å². The summed E-state index contributed by atoms with van der Waals surface area (Å²) in [6.45, 7) is 1.38. The van der Waals surface area contributed by atoms with Gasteiger partial charge in [0, 0.05) is 37.2 Å². The van der Waals surface area contributed by atoms with Crippen molar-refractivity contribution in [3.63, 3.8) is 0 Å². The number of aliphatic hydroxyl groups is 1. The highest BCUT2D eigenvalue weighted by molar-refractivity contribution is 6.13. The summed E-state index contributed by atoms with van der Waals surface area (Å²) >= 11 is 0. The van der Waals surface area contributed by atoms with Gasteiger partial charge in [0.15, 0.2) is 6.29 Å². The molecule has 0 saturated carbocycles. The van der Waals surface area contributed by atoms with Gasteiger partial charge in [-0.3, -0.25) is 19.3 Å². The lowest BCUT2D eigenvalue weighted by atomic mass is 10.1. The highest BCUT2D eigenvalue weighted by Crippen LogP contribution is 2.30. The summed E-state index contributed by atoms with van der Waals surface area (Å²) in [5.74, 6) is -0.245. The van der Waals surface area contributed by atoms with E-state index in [1.54, 1.807) is 0 Å². The molecule has 2 unspecified atom stereocenters. The van der Waals surface area contributed by atoms with Gasteiger partial charge in [0.1, 0.15) is 12.4 Å². The van der Waals surface area contributed by atoms with Crippen LogP contribution >= 0.6 is 0 Å². The molecule has 1 fully saturated rings. The fourth-order valence-electron chi connectivity index (χ4n) is 3.34. The van der Waals surface area contributed by atoms with Crippen molar-refractivity contribution in [2.24, 2.45) is 0 Å². The smallest absolute Gasteiger partial charge is 0.253 e. The zero-order chi connectivity index (χ0) is 22.1. The Balaban J connectivity index is 1.26. The van der Waals surface area contributed by atoms with Crippen molar-refractivity contribution in [3.05, 3.63) is 42.0 Å². The lowest BCUT2D eigenvalue weighted by molar-refractivity contribution is -0.137. The van der Waals surface area contributed by atoms with Gasteiger partial charge in [-0.15, -0.1) is 0 Å². The number of benzene rings is 1. The van der Waals surface area contributed by atoms with Crippen LogP contribution in [0, 0.1) is 0 Å². The molecule has 0 aliphatic carbocycles. The second-order valence-corrected chi connectivity index (χ2v) is 7.32. The molecular weight excluding hydrogens is 404 g/mol. The minimum absolute atomic E-state index is 0.00529. The van der Waals surface area contributed by atoms with E-state index >= 15 is 0 Å². The predicted octanol–water partition coefficient (Wildman–Crippen LogP) is 1.07. The molecule has 31 heavy (non-hydrogen) atoms. The van der Waals surface area contributed by atoms with E-state index in [4.69, 9.17) is 19.3 Å². The van der Waals surface area contributed by atoms with Crippen LogP contribution in [0.15, 0.2) is 36.4 Å². The highest BCUT2D eigenvalue weighted by Gasteiger charge is 2.27. The normalized spacial score (nSPS) is 20.5. The third-order valence-electron chi connectivity index (χ3n) is 5.00. The number of unbranched alkanes of at least 4 members (excludes halogenated alkanes) is 1. The third kappa shape index (κ3) is 6.88. The average molecular weight is 432 g/mol. The molecule has 2 aliphatic rings. The number of hydrogen-bond acceptors (Lipinski definition) is 7. The van der Waals surface area contributed by atoms with E-state index in [0.717, 1.165) is 29.7 Å². The number of amides is 3. The number of aliphatic hydroxyl groups excluding tert-OH is 1. The maximum atomic E-state index is 11.9. The molecular formula is C22H28N2O7. The van der Waals surface area contributed by atoms with Crippen LogP contribution < -0.4 is 10.1 Å². The Hall–Kier alpha value is -2.75. The van der Waals surface area contributed by atoms with Crippen LogP contribution in [0.1, 0.15) is 37.5 Å². The number of carbonyl (C=O) groups excluding carboxylic acids is 3. The van der Waals surface area contributed by atoms with Crippen LogP contribution in [0.3, 0.4) is 0 Å². The number of hydrogen-bond donors (Lipinski definition) is 2. The van der Waals surface area contributed by atoms with Gasteiger partial charge < -0.3 is 24.6 Å². The molecule has 2 heterocycles. The molecule has 9 heteroatoms. The summed E-state index contributed by atoms with van der Waals surface area (Å²) in [6.07, 6.45) is 4.63. The Kier molecular flexibility index (Phi) is 8.57. The minimum Gasteiger partial charge on any atom is -0.491 e. The van der Waals surface area contributed by atoms with Crippen molar-refractivity contribution < 1.29 is 33.7 Å². The summed E-state index contributed by atoms with van der Waals surface area (Å²) in [7, 11) is 0. The number of ether oxygens (including phenoxy) is 3. The Bertz CT molecular complexity index is 776. The van der Waals surface area contributed by atoms with Gasteiger partial charge in [-0.1, -0.05) is 12.1 Å². The fourth-order valence-corrected chi connectivity index (χ4v) is 3.34. The molecule has 2 atom stereocenters. The summed E-state index contributed by atoms with van der Waals surface area (Å²) in [4.78, 5) is 35.8. The summed E-state index contributed by atoms with van der Waals surface area (Å²) in [6, 6.07) is 7.41. The molecule has 1 aromatic carbocycles. The first-order chi connectivity index (χ1) is 15.1. The first kappa shape index (κ1) is 22.9. The van der Waals surface area contributed by atoms with E-state index in [1.807, 2.05) is 24.3 Å². The first-order valence-corrected chi connectivity index (χ1v) is 10.5. The lowest BCUT2D eigenvalue weighted by Crippen LogP contribution is -2.35. The van der Waals surface area contributed by atoms with E-state index < -0.39 is 6.29 Å². The Morgan fingerprint density at radius 1 is 1.16 bits per heavy atom. The quantitative estimate of drug-likeness (QED) is 0.375. The second kappa shape index (κ2) is 11.6. The van der Waals surface area contributed by atoms with Gasteiger partial charge in [0.25, 0.3) is 11.8 Å². The standard InChI is InChI=1S/C22H28N2O7/c25-13-14-29-17-6-4-16(5-7-17)22-30-15-18(31-22)3-1-2-11-23-19(26)10-12-24-20(27)8-9-21(24)28/h4-9,18,22,25H,1-3,10-15H2,(H,23,26). The van der Waals surface area contributed by atoms with E-state index in [0.29, 0.717) is 18.9 Å². The molecule has 3 rings (SSSR count). The molecule has 0 aromatic heterocycles. The number of rotatable bonds is 12. The Morgan fingerprint density at radius 3 is 2.61 bits per heavy atom. The molecule has 9 nitrogen and oxygen atoms in total. The third-order valence-corrected chi connectivity index (χ3v) is 5.00. The highest BCUT2D eigenvalue weighted by atomic mass is 16.7. The van der Waals surface area contributed by atoms with Gasteiger partial charge in [-0.05, 0) is 31.4 Å². The summed E-state index contributed by atoms with van der Waals surface area (Å²) < 4.78 is 17.0. The van der Waals surface area contributed by atoms with Gasteiger partial charge in [-0.2, -0.15) is 0 Å². The maximum absolute atomic E-state index is 11.9. The van der Waals surface area contributed by atoms with Crippen molar-refractivity contribution in [2.75, 3.05) is 32.9 Å². The fraction of sp³-hybridized carbons (Fsp3) is 0.500. The number of carbonyl (C=O) groups is 3. The number of nitrogens with one attached hydrogen (secondary N) is 1. The largest absolute Gasteiger partial charge is 0.491 e. The van der Waals surface area contributed by atoms with Crippen molar-refractivity contribution in [2.45, 2.75) is 38.1 Å². The predicted molar refractivity (Wildman–Crippen MR) is 110 cm³/mol. The van der Waals surface area contributed by atoms with E-state index in [9.17, 15) is 14.4 Å². The van der Waals surface area contributed by atoms with Crippen LogP contribution in [-0.4, -0.2) is 66.7 Å². The zero-order valence-electron chi connectivity index (χ0n) is 17.3. The molecule has 0 bridgehead atoms. The molecule has 1 saturated heterocycles. The van der Waals surface area contributed by atoms with Crippen LogP contribution in [-0.2, 0) is 23.9 Å². The van der Waals surface area contributed by atoms with Crippen molar-refractivity contribution in [1.29, 1.82) is 0 Å². The molecule has 0 radical (unpaired) electrons. The molecule has 168 valence electrons. The monoisotopic (exact) mass is 432 g/mol. The number of nitrogens with zero attached hydrogens (tertiary/aromatic N) is 1.